The average molecular weight is 333 g/mol. The van der Waals surface area contributed by atoms with Crippen molar-refractivity contribution in [1.82, 2.24) is 5.32 Å². The molecule has 0 fully saturated rings. The Hall–Kier alpha value is -1.63. The lowest BCUT2D eigenvalue weighted by atomic mass is 10.1. The van der Waals surface area contributed by atoms with Crippen molar-refractivity contribution in [2.75, 3.05) is 5.32 Å². The van der Waals surface area contributed by atoms with Crippen molar-refractivity contribution >= 4 is 33.6 Å². The van der Waals surface area contributed by atoms with Crippen molar-refractivity contribution in [2.45, 2.75) is 25.8 Å². The van der Waals surface area contributed by atoms with E-state index >= 15 is 0 Å². The van der Waals surface area contributed by atoms with Gasteiger partial charge in [0.15, 0.2) is 0 Å². The molecule has 104 valence electrons. The molecule has 3 N–H and O–H groups in total. The molecular formula is C12H14BrFN2O3. The monoisotopic (exact) mass is 332 g/mol. The summed E-state index contributed by atoms with van der Waals surface area (Å²) in [6, 6.07) is 3.17. The quantitative estimate of drug-likeness (QED) is 0.775. The second-order valence-corrected chi connectivity index (χ2v) is 4.75. The smallest absolute Gasteiger partial charge is 0.319 e. The first-order valence-corrected chi connectivity index (χ1v) is 6.46. The number of halogens is 2. The Morgan fingerprint density at radius 3 is 2.68 bits per heavy atom. The fourth-order valence-corrected chi connectivity index (χ4v) is 1.90. The summed E-state index contributed by atoms with van der Waals surface area (Å²) in [5.74, 6) is -1.57. The molecular weight excluding hydrogens is 319 g/mol. The van der Waals surface area contributed by atoms with E-state index < -0.39 is 23.9 Å². The Kier molecular flexibility index (Phi) is 5.75. The number of anilines is 1. The van der Waals surface area contributed by atoms with E-state index in [1.54, 1.807) is 13.0 Å². The Morgan fingerprint density at radius 2 is 2.16 bits per heavy atom. The molecule has 1 rings (SSSR count). The van der Waals surface area contributed by atoms with Gasteiger partial charge in [0, 0.05) is 10.5 Å². The number of aliphatic carboxylic acids is 1. The number of carboxylic acids is 1. The summed E-state index contributed by atoms with van der Waals surface area (Å²) in [6.45, 7) is 1.76. The molecule has 5 nitrogen and oxygen atoms in total. The van der Waals surface area contributed by atoms with Crippen molar-refractivity contribution in [3.8, 4) is 0 Å². The SMILES string of the molecule is CCC(CC(=O)O)NC(=O)Nc1c(F)cccc1Br. The Labute approximate surface area is 118 Å². The minimum atomic E-state index is -1.00. The number of rotatable bonds is 5. The van der Waals surface area contributed by atoms with Crippen LogP contribution in [0.1, 0.15) is 19.8 Å². The van der Waals surface area contributed by atoms with E-state index in [4.69, 9.17) is 5.11 Å². The maximum Gasteiger partial charge on any atom is 0.319 e. The molecule has 7 heteroatoms. The van der Waals surface area contributed by atoms with Crippen LogP contribution in [0, 0.1) is 5.82 Å². The van der Waals surface area contributed by atoms with Crippen molar-refractivity contribution < 1.29 is 19.1 Å². The zero-order chi connectivity index (χ0) is 14.4. The molecule has 0 aliphatic rings. The lowest BCUT2D eigenvalue weighted by Crippen LogP contribution is -2.39. The molecule has 0 aliphatic carbocycles. The van der Waals surface area contributed by atoms with Gasteiger partial charge in [-0.15, -0.1) is 0 Å². The third-order valence-corrected chi connectivity index (χ3v) is 3.11. The van der Waals surface area contributed by atoms with Gasteiger partial charge in [-0.1, -0.05) is 13.0 Å². The summed E-state index contributed by atoms with van der Waals surface area (Å²) < 4.78 is 13.9. The van der Waals surface area contributed by atoms with Gasteiger partial charge in [-0.05, 0) is 34.5 Å². The first-order valence-electron chi connectivity index (χ1n) is 5.67. The molecule has 0 aromatic heterocycles. The van der Waals surface area contributed by atoms with E-state index in [1.807, 2.05) is 0 Å². The van der Waals surface area contributed by atoms with Gasteiger partial charge in [-0.2, -0.15) is 0 Å². The Bertz CT molecular complexity index is 462. The minimum Gasteiger partial charge on any atom is -0.481 e. The predicted octanol–water partition coefficient (Wildman–Crippen LogP) is 2.96. The number of carbonyl (C=O) groups is 2. The third kappa shape index (κ3) is 4.86. The highest BCUT2D eigenvalue weighted by molar-refractivity contribution is 9.10. The van der Waals surface area contributed by atoms with E-state index in [1.165, 1.54) is 12.1 Å². The zero-order valence-corrected chi connectivity index (χ0v) is 11.8. The van der Waals surface area contributed by atoms with Crippen LogP contribution in [0.2, 0.25) is 0 Å². The topological polar surface area (TPSA) is 78.4 Å². The summed E-state index contributed by atoms with van der Waals surface area (Å²) in [5, 5.41) is 13.5. The van der Waals surface area contributed by atoms with Crippen LogP contribution in [0.25, 0.3) is 0 Å². The van der Waals surface area contributed by atoms with Crippen LogP contribution >= 0.6 is 15.9 Å². The van der Waals surface area contributed by atoms with Gasteiger partial charge in [-0.25, -0.2) is 9.18 Å². The van der Waals surface area contributed by atoms with E-state index in [0.717, 1.165) is 0 Å². The van der Waals surface area contributed by atoms with Crippen molar-refractivity contribution in [3.05, 3.63) is 28.5 Å². The van der Waals surface area contributed by atoms with Crippen LogP contribution < -0.4 is 10.6 Å². The van der Waals surface area contributed by atoms with E-state index in [2.05, 4.69) is 26.6 Å². The number of carboxylic acid groups (broad SMARTS) is 1. The molecule has 0 radical (unpaired) electrons. The molecule has 2 amide bonds. The first kappa shape index (κ1) is 15.4. The van der Waals surface area contributed by atoms with Crippen LogP contribution in [0.4, 0.5) is 14.9 Å². The molecule has 0 saturated carbocycles. The summed E-state index contributed by atoms with van der Waals surface area (Å²) >= 11 is 3.12. The maximum absolute atomic E-state index is 13.5. The van der Waals surface area contributed by atoms with Crippen molar-refractivity contribution in [1.29, 1.82) is 0 Å². The van der Waals surface area contributed by atoms with Crippen LogP contribution in [-0.2, 0) is 4.79 Å². The van der Waals surface area contributed by atoms with Crippen molar-refractivity contribution in [3.63, 3.8) is 0 Å². The second kappa shape index (κ2) is 7.08. The molecule has 0 aliphatic heterocycles. The highest BCUT2D eigenvalue weighted by atomic mass is 79.9. The molecule has 0 spiro atoms. The van der Waals surface area contributed by atoms with Crippen molar-refractivity contribution in [2.24, 2.45) is 0 Å². The number of urea groups is 1. The van der Waals surface area contributed by atoms with Gasteiger partial charge >= 0.3 is 12.0 Å². The minimum absolute atomic E-state index is 0.0187. The Morgan fingerprint density at radius 1 is 1.47 bits per heavy atom. The molecule has 1 atom stereocenters. The van der Waals surface area contributed by atoms with E-state index in [-0.39, 0.29) is 12.1 Å². The Balaban J connectivity index is 2.67. The largest absolute Gasteiger partial charge is 0.481 e. The number of hydrogen-bond acceptors (Lipinski definition) is 2. The highest BCUT2D eigenvalue weighted by Gasteiger charge is 2.16. The number of benzene rings is 1. The van der Waals surface area contributed by atoms with Gasteiger partial charge in [-0.3, -0.25) is 4.79 Å². The molecule has 0 bridgehead atoms. The van der Waals surface area contributed by atoms with E-state index in [9.17, 15) is 14.0 Å². The fraction of sp³-hybridized carbons (Fsp3) is 0.333. The lowest BCUT2D eigenvalue weighted by Gasteiger charge is -2.16. The van der Waals surface area contributed by atoms with E-state index in [0.29, 0.717) is 10.9 Å². The normalized spacial score (nSPS) is 11.7. The molecule has 1 unspecified atom stereocenters. The number of para-hydroxylation sites is 1. The molecule has 0 saturated heterocycles. The summed E-state index contributed by atoms with van der Waals surface area (Å²) in [5.41, 5.74) is 0.0187. The third-order valence-electron chi connectivity index (χ3n) is 2.45. The van der Waals surface area contributed by atoms with Gasteiger partial charge in [0.1, 0.15) is 5.82 Å². The average Bonchev–Trinajstić information content (AvgIpc) is 2.32. The summed E-state index contributed by atoms with van der Waals surface area (Å²) in [4.78, 5) is 22.2. The van der Waals surface area contributed by atoms with Gasteiger partial charge in [0.25, 0.3) is 0 Å². The zero-order valence-electron chi connectivity index (χ0n) is 10.2. The summed E-state index contributed by atoms with van der Waals surface area (Å²) in [7, 11) is 0. The maximum atomic E-state index is 13.5. The van der Waals surface area contributed by atoms with Crippen LogP contribution in [0.15, 0.2) is 22.7 Å². The second-order valence-electron chi connectivity index (χ2n) is 3.90. The number of nitrogens with one attached hydrogen (secondary N) is 2. The van der Waals surface area contributed by atoms with Gasteiger partial charge in [0.2, 0.25) is 0 Å². The van der Waals surface area contributed by atoms with Crippen LogP contribution in [-0.4, -0.2) is 23.1 Å². The van der Waals surface area contributed by atoms with Gasteiger partial charge < -0.3 is 15.7 Å². The molecule has 19 heavy (non-hydrogen) atoms. The van der Waals surface area contributed by atoms with Gasteiger partial charge in [0.05, 0.1) is 12.1 Å². The number of carbonyl (C=O) groups excluding carboxylic acids is 1. The molecule has 1 aromatic rings. The standard InChI is InChI=1S/C12H14BrFN2O3/c1-2-7(6-10(17)18)15-12(19)16-11-8(13)4-3-5-9(11)14/h3-5,7H,2,6H2,1H3,(H,17,18)(H2,15,16,19). The lowest BCUT2D eigenvalue weighted by molar-refractivity contribution is -0.137. The highest BCUT2D eigenvalue weighted by Crippen LogP contribution is 2.24. The number of amides is 2. The van der Waals surface area contributed by atoms with Crippen LogP contribution in [0.5, 0.6) is 0 Å². The number of hydrogen-bond donors (Lipinski definition) is 3. The molecule has 0 heterocycles. The summed E-state index contributed by atoms with van der Waals surface area (Å²) in [6.07, 6.45) is 0.292. The predicted molar refractivity (Wildman–Crippen MR) is 72.6 cm³/mol. The van der Waals surface area contributed by atoms with Crippen LogP contribution in [0.3, 0.4) is 0 Å². The first-order chi connectivity index (χ1) is 8.93. The fourth-order valence-electron chi connectivity index (χ4n) is 1.46. The molecule has 1 aromatic carbocycles.